The third-order valence-electron chi connectivity index (χ3n) is 2.45. The van der Waals surface area contributed by atoms with Crippen molar-refractivity contribution in [3.8, 4) is 0 Å². The number of carbonyl (C=O) groups is 1. The van der Waals surface area contributed by atoms with E-state index in [0.29, 0.717) is 13.0 Å². The summed E-state index contributed by atoms with van der Waals surface area (Å²) in [6, 6.07) is 7.87. The average Bonchev–Trinajstić information content (AvgIpc) is 2.29. The van der Waals surface area contributed by atoms with E-state index >= 15 is 0 Å². The van der Waals surface area contributed by atoms with Crippen LogP contribution < -0.4 is 10.6 Å². The summed E-state index contributed by atoms with van der Waals surface area (Å²) in [4.78, 5) is 11.0. The third-order valence-corrected chi connectivity index (χ3v) is 2.80. The molecule has 88 valence electrons. The van der Waals surface area contributed by atoms with Gasteiger partial charge in [-0.15, -0.1) is 0 Å². The minimum atomic E-state index is 0.0406. The summed E-state index contributed by atoms with van der Waals surface area (Å²) >= 11 is 6.07. The van der Waals surface area contributed by atoms with Gasteiger partial charge >= 0.3 is 0 Å². The molecule has 1 amide bonds. The van der Waals surface area contributed by atoms with Crippen LogP contribution in [0.4, 0.5) is 0 Å². The number of nitrogens with one attached hydrogen (secondary N) is 2. The van der Waals surface area contributed by atoms with Gasteiger partial charge in [0.15, 0.2) is 0 Å². The standard InChI is InChI=1S/C12H17ClN2O/c1-9(15-8-7-12(16)14-2)10-5-3-4-6-11(10)13/h3-6,9,15H,7-8H2,1-2H3,(H,14,16)/t9-/m0/s1. The van der Waals surface area contributed by atoms with Crippen LogP contribution in [0.5, 0.6) is 0 Å². The molecule has 0 saturated heterocycles. The topological polar surface area (TPSA) is 41.1 Å². The molecule has 0 spiro atoms. The summed E-state index contributed by atoms with van der Waals surface area (Å²) in [5.41, 5.74) is 1.06. The maximum atomic E-state index is 11.0. The second kappa shape index (κ2) is 6.51. The highest BCUT2D eigenvalue weighted by molar-refractivity contribution is 6.31. The Labute approximate surface area is 101 Å². The molecule has 1 rings (SSSR count). The molecular weight excluding hydrogens is 224 g/mol. The van der Waals surface area contributed by atoms with Crippen molar-refractivity contribution in [2.24, 2.45) is 0 Å². The molecule has 0 aliphatic heterocycles. The fourth-order valence-electron chi connectivity index (χ4n) is 1.46. The van der Waals surface area contributed by atoms with Gasteiger partial charge in [0.2, 0.25) is 5.91 Å². The molecule has 0 aliphatic carbocycles. The van der Waals surface area contributed by atoms with E-state index in [9.17, 15) is 4.79 Å². The van der Waals surface area contributed by atoms with E-state index in [1.54, 1.807) is 7.05 Å². The van der Waals surface area contributed by atoms with E-state index < -0.39 is 0 Å². The lowest BCUT2D eigenvalue weighted by Crippen LogP contribution is -2.26. The molecular formula is C12H17ClN2O. The first-order valence-corrected chi connectivity index (χ1v) is 5.71. The fourth-order valence-corrected chi connectivity index (χ4v) is 1.76. The summed E-state index contributed by atoms with van der Waals surface area (Å²) in [6.45, 7) is 2.68. The maximum Gasteiger partial charge on any atom is 0.221 e. The van der Waals surface area contributed by atoms with E-state index in [1.807, 2.05) is 31.2 Å². The van der Waals surface area contributed by atoms with Crippen LogP contribution in [0, 0.1) is 0 Å². The van der Waals surface area contributed by atoms with Crippen LogP contribution in [0.1, 0.15) is 24.9 Å². The number of halogens is 1. The zero-order valence-corrected chi connectivity index (χ0v) is 10.3. The SMILES string of the molecule is CNC(=O)CCN[C@@H](C)c1ccccc1Cl. The smallest absolute Gasteiger partial charge is 0.221 e. The number of carbonyl (C=O) groups excluding carboxylic acids is 1. The summed E-state index contributed by atoms with van der Waals surface area (Å²) < 4.78 is 0. The number of hydrogen-bond acceptors (Lipinski definition) is 2. The number of amides is 1. The van der Waals surface area contributed by atoms with E-state index in [0.717, 1.165) is 10.6 Å². The maximum absolute atomic E-state index is 11.0. The summed E-state index contributed by atoms with van der Waals surface area (Å²) in [5.74, 6) is 0.0406. The van der Waals surface area contributed by atoms with Gasteiger partial charge in [0.1, 0.15) is 0 Å². The molecule has 0 radical (unpaired) electrons. The number of hydrogen-bond donors (Lipinski definition) is 2. The highest BCUT2D eigenvalue weighted by Crippen LogP contribution is 2.21. The van der Waals surface area contributed by atoms with Gasteiger partial charge in [-0.2, -0.15) is 0 Å². The van der Waals surface area contributed by atoms with Gasteiger partial charge in [-0.25, -0.2) is 0 Å². The van der Waals surface area contributed by atoms with Gasteiger partial charge in [-0.1, -0.05) is 29.8 Å². The molecule has 2 N–H and O–H groups in total. The summed E-state index contributed by atoms with van der Waals surface area (Å²) in [5, 5.41) is 6.60. The van der Waals surface area contributed by atoms with Crippen molar-refractivity contribution < 1.29 is 4.79 Å². The molecule has 0 aliphatic rings. The van der Waals surface area contributed by atoms with Crippen molar-refractivity contribution in [2.45, 2.75) is 19.4 Å². The average molecular weight is 241 g/mol. The molecule has 0 saturated carbocycles. The lowest BCUT2D eigenvalue weighted by molar-refractivity contribution is -0.120. The first-order valence-electron chi connectivity index (χ1n) is 5.33. The van der Waals surface area contributed by atoms with E-state index in [1.165, 1.54) is 0 Å². The first kappa shape index (κ1) is 13.0. The predicted octanol–water partition coefficient (Wildman–Crippen LogP) is 2.13. The van der Waals surface area contributed by atoms with Crippen molar-refractivity contribution in [2.75, 3.05) is 13.6 Å². The molecule has 1 aromatic rings. The Hall–Kier alpha value is -1.06. The Morgan fingerprint density at radius 1 is 1.44 bits per heavy atom. The highest BCUT2D eigenvalue weighted by Gasteiger charge is 2.08. The Morgan fingerprint density at radius 3 is 2.75 bits per heavy atom. The van der Waals surface area contributed by atoms with Crippen molar-refractivity contribution in [3.05, 3.63) is 34.9 Å². The Bertz CT molecular complexity index is 355. The van der Waals surface area contributed by atoms with Crippen LogP contribution in [-0.4, -0.2) is 19.5 Å². The second-order valence-corrected chi connectivity index (χ2v) is 4.03. The van der Waals surface area contributed by atoms with E-state index in [4.69, 9.17) is 11.6 Å². The van der Waals surface area contributed by atoms with Gasteiger partial charge in [-0.05, 0) is 18.6 Å². The molecule has 16 heavy (non-hydrogen) atoms. The minimum absolute atomic E-state index is 0.0406. The fraction of sp³-hybridized carbons (Fsp3) is 0.417. The molecule has 4 heteroatoms. The van der Waals surface area contributed by atoms with Crippen LogP contribution in [0.25, 0.3) is 0 Å². The number of benzene rings is 1. The van der Waals surface area contributed by atoms with Gasteiger partial charge in [0, 0.05) is 31.1 Å². The zero-order valence-electron chi connectivity index (χ0n) is 9.59. The van der Waals surface area contributed by atoms with Gasteiger partial charge in [-0.3, -0.25) is 4.79 Å². The van der Waals surface area contributed by atoms with E-state index in [2.05, 4.69) is 10.6 Å². The normalized spacial score (nSPS) is 12.2. The van der Waals surface area contributed by atoms with Crippen LogP contribution in [0.3, 0.4) is 0 Å². The molecule has 3 nitrogen and oxygen atoms in total. The van der Waals surface area contributed by atoms with Gasteiger partial charge < -0.3 is 10.6 Å². The molecule has 1 aromatic carbocycles. The lowest BCUT2D eigenvalue weighted by Gasteiger charge is -2.15. The number of rotatable bonds is 5. The molecule has 1 atom stereocenters. The van der Waals surface area contributed by atoms with Crippen molar-refractivity contribution >= 4 is 17.5 Å². The van der Waals surface area contributed by atoms with Crippen LogP contribution >= 0.6 is 11.6 Å². The Morgan fingerprint density at radius 2 is 2.12 bits per heavy atom. The van der Waals surface area contributed by atoms with Crippen molar-refractivity contribution in [1.29, 1.82) is 0 Å². The zero-order chi connectivity index (χ0) is 12.0. The van der Waals surface area contributed by atoms with Crippen molar-refractivity contribution in [3.63, 3.8) is 0 Å². The largest absolute Gasteiger partial charge is 0.359 e. The Kier molecular flexibility index (Phi) is 5.29. The van der Waals surface area contributed by atoms with Crippen LogP contribution in [0.15, 0.2) is 24.3 Å². The molecule has 0 fully saturated rings. The monoisotopic (exact) mass is 240 g/mol. The molecule has 0 unspecified atom stereocenters. The van der Waals surface area contributed by atoms with Gasteiger partial charge in [0.25, 0.3) is 0 Å². The molecule has 0 bridgehead atoms. The molecule has 0 aromatic heterocycles. The van der Waals surface area contributed by atoms with Crippen molar-refractivity contribution in [1.82, 2.24) is 10.6 Å². The quantitative estimate of drug-likeness (QED) is 0.828. The third kappa shape index (κ3) is 3.83. The second-order valence-electron chi connectivity index (χ2n) is 3.62. The highest BCUT2D eigenvalue weighted by atomic mass is 35.5. The van der Waals surface area contributed by atoms with Gasteiger partial charge in [0.05, 0.1) is 0 Å². The lowest BCUT2D eigenvalue weighted by atomic mass is 10.1. The van der Waals surface area contributed by atoms with Crippen LogP contribution in [-0.2, 0) is 4.79 Å². The summed E-state index contributed by atoms with van der Waals surface area (Å²) in [6.07, 6.45) is 0.477. The van der Waals surface area contributed by atoms with Crippen LogP contribution in [0.2, 0.25) is 5.02 Å². The van der Waals surface area contributed by atoms with E-state index in [-0.39, 0.29) is 11.9 Å². The predicted molar refractivity (Wildman–Crippen MR) is 66.6 cm³/mol. The molecule has 0 heterocycles. The minimum Gasteiger partial charge on any atom is -0.359 e. The summed E-state index contributed by atoms with van der Waals surface area (Å²) in [7, 11) is 1.64. The Balaban J connectivity index is 2.44. The first-order chi connectivity index (χ1) is 7.65.